The molecule has 1 aliphatic rings. The molecule has 1 saturated heterocycles. The fourth-order valence-electron chi connectivity index (χ4n) is 3.73. The van der Waals surface area contributed by atoms with Gasteiger partial charge in [-0.3, -0.25) is 4.79 Å². The maximum atomic E-state index is 13.2. The zero-order valence-electron chi connectivity index (χ0n) is 19.0. The van der Waals surface area contributed by atoms with Crippen LogP contribution in [0.15, 0.2) is 42.5 Å². The van der Waals surface area contributed by atoms with Crippen LogP contribution in [0.1, 0.15) is 49.5 Å². The summed E-state index contributed by atoms with van der Waals surface area (Å²) in [5.74, 6) is 0.549. The van der Waals surface area contributed by atoms with Gasteiger partial charge in [0.15, 0.2) is 0 Å². The fourth-order valence-corrected chi connectivity index (χ4v) is 3.73. The van der Waals surface area contributed by atoms with Gasteiger partial charge in [-0.15, -0.1) is 0 Å². The Morgan fingerprint density at radius 3 is 2.50 bits per heavy atom. The van der Waals surface area contributed by atoms with Gasteiger partial charge in [0.05, 0.1) is 18.7 Å². The minimum Gasteiger partial charge on any atom is -0.496 e. The summed E-state index contributed by atoms with van der Waals surface area (Å²) in [6.45, 7) is 6.51. The van der Waals surface area contributed by atoms with Gasteiger partial charge in [-0.05, 0) is 69.5 Å². The second kappa shape index (κ2) is 9.73. The largest absolute Gasteiger partial charge is 0.496 e. The van der Waals surface area contributed by atoms with Crippen molar-refractivity contribution in [1.82, 2.24) is 10.2 Å². The van der Waals surface area contributed by atoms with E-state index in [0.717, 1.165) is 24.0 Å². The first-order valence-corrected chi connectivity index (χ1v) is 10.7. The van der Waals surface area contributed by atoms with Crippen LogP contribution in [0.4, 0.5) is 4.79 Å². The molecule has 7 nitrogen and oxygen atoms in total. The van der Waals surface area contributed by atoms with Crippen LogP contribution < -0.4 is 10.1 Å². The number of hydrogen-bond acceptors (Lipinski definition) is 5. The van der Waals surface area contributed by atoms with E-state index in [1.807, 2.05) is 39.0 Å². The Bertz CT molecular complexity index is 1020. The number of methoxy groups -OCH3 is 1. The number of likely N-dealkylation sites (tertiary alicyclic amines) is 1. The van der Waals surface area contributed by atoms with E-state index in [2.05, 4.69) is 11.4 Å². The Morgan fingerprint density at radius 1 is 1.16 bits per heavy atom. The number of carbonyl (C=O) groups excluding carboxylic acids is 2. The third-order valence-corrected chi connectivity index (χ3v) is 5.20. The Kier molecular flexibility index (Phi) is 7.04. The van der Waals surface area contributed by atoms with E-state index in [1.165, 1.54) is 0 Å². The van der Waals surface area contributed by atoms with E-state index in [0.29, 0.717) is 30.0 Å². The molecule has 0 radical (unpaired) electrons. The van der Waals surface area contributed by atoms with E-state index in [-0.39, 0.29) is 11.9 Å². The highest BCUT2D eigenvalue weighted by Gasteiger charge is 2.27. The molecular weight excluding hydrogens is 406 g/mol. The predicted octanol–water partition coefficient (Wildman–Crippen LogP) is 4.36. The predicted molar refractivity (Wildman–Crippen MR) is 121 cm³/mol. The van der Waals surface area contributed by atoms with E-state index in [4.69, 9.17) is 14.7 Å². The summed E-state index contributed by atoms with van der Waals surface area (Å²) in [4.78, 5) is 27.1. The van der Waals surface area contributed by atoms with Crippen LogP contribution >= 0.6 is 0 Å². The highest BCUT2D eigenvalue weighted by atomic mass is 16.6. The second-order valence-electron chi connectivity index (χ2n) is 8.84. The van der Waals surface area contributed by atoms with Crippen LogP contribution in [0.5, 0.6) is 5.75 Å². The van der Waals surface area contributed by atoms with Gasteiger partial charge >= 0.3 is 6.09 Å². The van der Waals surface area contributed by atoms with Crippen LogP contribution in [-0.2, 0) is 4.74 Å². The van der Waals surface area contributed by atoms with Gasteiger partial charge in [0, 0.05) is 30.3 Å². The number of nitrogens with zero attached hydrogens (tertiary/aromatic N) is 2. The SMILES string of the molecule is COc1ccc(C(=O)N2CCCC(NC(=O)OC(C)(C)C)C2)cc1-c1ccc(C#N)cc1. The van der Waals surface area contributed by atoms with Crippen LogP contribution in [-0.4, -0.2) is 48.7 Å². The van der Waals surface area contributed by atoms with Crippen molar-refractivity contribution >= 4 is 12.0 Å². The van der Waals surface area contributed by atoms with Gasteiger partial charge in [0.2, 0.25) is 0 Å². The summed E-state index contributed by atoms with van der Waals surface area (Å²) >= 11 is 0. The lowest BCUT2D eigenvalue weighted by Gasteiger charge is -2.33. The summed E-state index contributed by atoms with van der Waals surface area (Å²) in [6.07, 6.45) is 1.12. The van der Waals surface area contributed by atoms with Crippen molar-refractivity contribution in [2.45, 2.75) is 45.3 Å². The van der Waals surface area contributed by atoms with E-state index >= 15 is 0 Å². The number of alkyl carbamates (subject to hydrolysis) is 1. The van der Waals surface area contributed by atoms with E-state index in [1.54, 1.807) is 36.3 Å². The molecule has 3 rings (SSSR count). The number of hydrogen-bond donors (Lipinski definition) is 1. The lowest BCUT2D eigenvalue weighted by molar-refractivity contribution is 0.0452. The van der Waals surface area contributed by atoms with Gasteiger partial charge in [0.1, 0.15) is 11.4 Å². The second-order valence-corrected chi connectivity index (χ2v) is 8.84. The number of nitriles is 1. The number of nitrogens with one attached hydrogen (secondary N) is 1. The molecule has 7 heteroatoms. The molecule has 1 heterocycles. The van der Waals surface area contributed by atoms with Gasteiger partial charge < -0.3 is 19.7 Å². The van der Waals surface area contributed by atoms with Crippen LogP contribution in [0.2, 0.25) is 0 Å². The molecule has 2 aromatic carbocycles. The number of ether oxygens (including phenoxy) is 2. The molecule has 32 heavy (non-hydrogen) atoms. The lowest BCUT2D eigenvalue weighted by Crippen LogP contribution is -2.50. The number of carbonyl (C=O) groups is 2. The van der Waals surface area contributed by atoms with Gasteiger partial charge in [0.25, 0.3) is 5.91 Å². The summed E-state index contributed by atoms with van der Waals surface area (Å²) in [5.41, 5.74) is 2.18. The highest BCUT2D eigenvalue weighted by molar-refractivity contribution is 5.96. The third kappa shape index (κ3) is 5.79. The minimum absolute atomic E-state index is 0.0989. The van der Waals surface area contributed by atoms with E-state index in [9.17, 15) is 9.59 Å². The highest BCUT2D eigenvalue weighted by Crippen LogP contribution is 2.32. The molecule has 1 fully saturated rings. The average Bonchev–Trinajstić information content (AvgIpc) is 2.77. The smallest absolute Gasteiger partial charge is 0.407 e. The molecule has 0 saturated carbocycles. The third-order valence-electron chi connectivity index (χ3n) is 5.20. The maximum absolute atomic E-state index is 13.2. The number of benzene rings is 2. The zero-order chi connectivity index (χ0) is 23.3. The van der Waals surface area contributed by atoms with Crippen molar-refractivity contribution in [3.8, 4) is 22.9 Å². The van der Waals surface area contributed by atoms with Crippen molar-refractivity contribution in [3.05, 3.63) is 53.6 Å². The summed E-state index contributed by atoms with van der Waals surface area (Å²) in [5, 5.41) is 11.9. The summed E-state index contributed by atoms with van der Waals surface area (Å²) < 4.78 is 10.8. The monoisotopic (exact) mass is 435 g/mol. The molecule has 1 unspecified atom stereocenters. The molecule has 1 aliphatic heterocycles. The molecule has 2 aromatic rings. The molecule has 0 aromatic heterocycles. The van der Waals surface area contributed by atoms with Crippen LogP contribution in [0, 0.1) is 11.3 Å². The molecule has 1 atom stereocenters. The Balaban J connectivity index is 1.76. The number of piperidine rings is 1. The van der Waals surface area contributed by atoms with Crippen molar-refractivity contribution in [2.75, 3.05) is 20.2 Å². The minimum atomic E-state index is -0.570. The van der Waals surface area contributed by atoms with Gasteiger partial charge in [-0.2, -0.15) is 5.26 Å². The van der Waals surface area contributed by atoms with Crippen molar-refractivity contribution in [3.63, 3.8) is 0 Å². The average molecular weight is 436 g/mol. The summed E-state index contributed by atoms with van der Waals surface area (Å²) in [6, 6.07) is 14.4. The first kappa shape index (κ1) is 23.1. The van der Waals surface area contributed by atoms with Crippen LogP contribution in [0.25, 0.3) is 11.1 Å². The molecule has 0 spiro atoms. The topological polar surface area (TPSA) is 91.7 Å². The maximum Gasteiger partial charge on any atom is 0.407 e. The van der Waals surface area contributed by atoms with Crippen molar-refractivity contribution < 1.29 is 19.1 Å². The molecule has 0 bridgehead atoms. The van der Waals surface area contributed by atoms with Gasteiger partial charge in [-0.1, -0.05) is 12.1 Å². The molecule has 1 N–H and O–H groups in total. The van der Waals surface area contributed by atoms with Crippen molar-refractivity contribution in [2.24, 2.45) is 0 Å². The lowest BCUT2D eigenvalue weighted by atomic mass is 9.99. The zero-order valence-corrected chi connectivity index (χ0v) is 19.0. The quantitative estimate of drug-likeness (QED) is 0.770. The fraction of sp³-hybridized carbons (Fsp3) is 0.400. The number of rotatable bonds is 4. The van der Waals surface area contributed by atoms with Crippen LogP contribution in [0.3, 0.4) is 0 Å². The van der Waals surface area contributed by atoms with E-state index < -0.39 is 11.7 Å². The Morgan fingerprint density at radius 2 is 1.88 bits per heavy atom. The Hall–Kier alpha value is -3.53. The van der Waals surface area contributed by atoms with Crippen molar-refractivity contribution in [1.29, 1.82) is 5.26 Å². The normalized spacial score (nSPS) is 16.1. The van der Waals surface area contributed by atoms with Gasteiger partial charge in [-0.25, -0.2) is 4.79 Å². The Labute approximate surface area is 188 Å². The summed E-state index contributed by atoms with van der Waals surface area (Å²) in [7, 11) is 1.58. The molecule has 168 valence electrons. The number of amides is 2. The molecule has 2 amide bonds. The molecule has 0 aliphatic carbocycles. The first-order chi connectivity index (χ1) is 15.2. The standard InChI is InChI=1S/C25H29N3O4/c1-25(2,3)32-24(30)27-20-6-5-13-28(16-20)23(29)19-11-12-22(31-4)21(14-19)18-9-7-17(15-26)8-10-18/h7-12,14,20H,5-6,13,16H2,1-4H3,(H,27,30). The first-order valence-electron chi connectivity index (χ1n) is 10.7. The molecular formula is C25H29N3O4.